The van der Waals surface area contributed by atoms with Crippen molar-refractivity contribution in [3.8, 4) is 5.75 Å². The molecule has 0 spiro atoms. The number of benzene rings is 3. The van der Waals surface area contributed by atoms with Gasteiger partial charge in [0.15, 0.2) is 6.10 Å². The molecular formula is C30H30Cl2FN3O5. The first-order valence-corrected chi connectivity index (χ1v) is 13.8. The topological polar surface area (TPSA) is 119 Å². The molecule has 0 aliphatic carbocycles. The van der Waals surface area contributed by atoms with Crippen molar-refractivity contribution < 1.29 is 29.0 Å². The number of phenolic OH excluding ortho intramolecular Hbond substituents is 1. The number of carbonyl (C=O) groups is 3. The Labute approximate surface area is 247 Å². The van der Waals surface area contributed by atoms with Crippen LogP contribution < -0.4 is 10.6 Å². The lowest BCUT2D eigenvalue weighted by molar-refractivity contribution is -0.146. The Hall–Kier alpha value is -3.66. The molecule has 1 fully saturated rings. The fourth-order valence-electron chi connectivity index (χ4n) is 4.81. The van der Waals surface area contributed by atoms with E-state index < -0.39 is 42.1 Å². The highest BCUT2D eigenvalue weighted by molar-refractivity contribution is 6.35. The summed E-state index contributed by atoms with van der Waals surface area (Å²) in [6.45, 7) is 1.22. The van der Waals surface area contributed by atoms with E-state index in [0.717, 1.165) is 10.5 Å². The third-order valence-electron chi connectivity index (χ3n) is 7.10. The van der Waals surface area contributed by atoms with E-state index >= 15 is 0 Å². The van der Waals surface area contributed by atoms with Gasteiger partial charge in [0.1, 0.15) is 18.0 Å². The Bertz CT molecular complexity index is 1420. The predicted molar refractivity (Wildman–Crippen MR) is 154 cm³/mol. The number of hydrogen-bond donors (Lipinski definition) is 4. The van der Waals surface area contributed by atoms with Crippen molar-refractivity contribution in [1.82, 2.24) is 15.5 Å². The molecule has 8 nitrogen and oxygen atoms in total. The van der Waals surface area contributed by atoms with Crippen molar-refractivity contribution in [1.29, 1.82) is 0 Å². The summed E-state index contributed by atoms with van der Waals surface area (Å²) in [7, 11) is 0. The summed E-state index contributed by atoms with van der Waals surface area (Å²) in [5.41, 5.74) is 1.83. The number of alkyl halides is 1. The smallest absolute Gasteiger partial charge is 0.254 e. The largest absolute Gasteiger partial charge is 0.508 e. The second-order valence-corrected chi connectivity index (χ2v) is 10.8. The molecule has 0 radical (unpaired) electrons. The van der Waals surface area contributed by atoms with E-state index in [1.165, 1.54) is 24.3 Å². The lowest BCUT2D eigenvalue weighted by Gasteiger charge is -2.30. The van der Waals surface area contributed by atoms with E-state index in [0.29, 0.717) is 21.2 Å². The summed E-state index contributed by atoms with van der Waals surface area (Å²) in [5, 5.41) is 27.4. The molecule has 1 aliphatic rings. The summed E-state index contributed by atoms with van der Waals surface area (Å²) in [6.07, 6.45) is -3.42. The van der Waals surface area contributed by atoms with Gasteiger partial charge < -0.3 is 25.7 Å². The number of likely N-dealkylation sites (tertiary alicyclic amines) is 1. The normalized spacial score (nSPS) is 18.0. The molecule has 1 heterocycles. The Morgan fingerprint density at radius 2 is 1.80 bits per heavy atom. The SMILES string of the molecule is Cc1c(O)cccc1C(=O)NC(Cc1ccccc1)C(O)C(=O)N1CC(F)CC1C(=O)NCc1ccc(Cl)cc1Cl. The number of amides is 3. The fourth-order valence-corrected chi connectivity index (χ4v) is 5.28. The number of halogens is 3. The molecule has 4 rings (SSSR count). The van der Waals surface area contributed by atoms with Gasteiger partial charge in [0.05, 0.1) is 12.6 Å². The number of aromatic hydroxyl groups is 1. The molecule has 41 heavy (non-hydrogen) atoms. The first-order valence-electron chi connectivity index (χ1n) is 13.0. The highest BCUT2D eigenvalue weighted by atomic mass is 35.5. The maximum atomic E-state index is 14.6. The average Bonchev–Trinajstić information content (AvgIpc) is 3.35. The third kappa shape index (κ3) is 7.35. The van der Waals surface area contributed by atoms with Gasteiger partial charge in [0.2, 0.25) is 5.91 Å². The molecule has 1 saturated heterocycles. The standard InChI is InChI=1S/C30H30Cl2FN3O5/c1-17-22(8-5-9-26(17)37)28(39)35-24(12-18-6-3-2-4-7-18)27(38)30(41)36-16-21(33)14-25(36)29(40)34-15-19-10-11-20(31)13-23(19)32/h2-11,13,21,24-25,27,37-38H,12,14-16H2,1H3,(H,34,40)(H,35,39). The van der Waals surface area contributed by atoms with Gasteiger partial charge in [-0.25, -0.2) is 4.39 Å². The number of nitrogens with zero attached hydrogens (tertiary/aromatic N) is 1. The molecule has 0 saturated carbocycles. The van der Waals surface area contributed by atoms with E-state index in [1.807, 2.05) is 0 Å². The zero-order valence-corrected chi connectivity index (χ0v) is 23.7. The summed E-state index contributed by atoms with van der Waals surface area (Å²) in [5.74, 6) is -2.17. The van der Waals surface area contributed by atoms with Crippen LogP contribution in [0.1, 0.15) is 33.5 Å². The van der Waals surface area contributed by atoms with Crippen molar-refractivity contribution in [3.63, 3.8) is 0 Å². The van der Waals surface area contributed by atoms with Crippen molar-refractivity contribution in [2.75, 3.05) is 6.54 Å². The summed E-state index contributed by atoms with van der Waals surface area (Å²) < 4.78 is 14.6. The number of aliphatic hydroxyl groups is 1. The minimum Gasteiger partial charge on any atom is -0.508 e. The van der Waals surface area contributed by atoms with Gasteiger partial charge in [-0.3, -0.25) is 14.4 Å². The molecule has 0 bridgehead atoms. The molecule has 0 aromatic heterocycles. The summed E-state index contributed by atoms with van der Waals surface area (Å²) in [4.78, 5) is 40.8. The predicted octanol–water partition coefficient (Wildman–Crippen LogP) is 3.96. The van der Waals surface area contributed by atoms with Crippen LogP contribution in [0.3, 0.4) is 0 Å². The molecule has 1 aliphatic heterocycles. The van der Waals surface area contributed by atoms with E-state index in [4.69, 9.17) is 23.2 Å². The van der Waals surface area contributed by atoms with Crippen LogP contribution in [-0.4, -0.2) is 63.7 Å². The molecule has 4 atom stereocenters. The van der Waals surface area contributed by atoms with Crippen LogP contribution in [0, 0.1) is 6.92 Å². The van der Waals surface area contributed by atoms with Gasteiger partial charge in [-0.2, -0.15) is 0 Å². The Balaban J connectivity index is 1.52. The Kier molecular flexibility index (Phi) is 9.86. The Morgan fingerprint density at radius 3 is 2.51 bits per heavy atom. The lowest BCUT2D eigenvalue weighted by Crippen LogP contribution is -2.55. The van der Waals surface area contributed by atoms with E-state index in [-0.39, 0.29) is 37.2 Å². The lowest BCUT2D eigenvalue weighted by atomic mass is 9.98. The van der Waals surface area contributed by atoms with Gasteiger partial charge in [0, 0.05) is 34.1 Å². The van der Waals surface area contributed by atoms with E-state index in [2.05, 4.69) is 10.6 Å². The van der Waals surface area contributed by atoms with Crippen LogP contribution in [0.15, 0.2) is 66.7 Å². The molecule has 3 aromatic rings. The molecular weight excluding hydrogens is 572 g/mol. The first kappa shape index (κ1) is 30.3. The van der Waals surface area contributed by atoms with Crippen LogP contribution in [-0.2, 0) is 22.6 Å². The zero-order chi connectivity index (χ0) is 29.7. The van der Waals surface area contributed by atoms with Crippen LogP contribution in [0.5, 0.6) is 5.75 Å². The molecule has 4 unspecified atom stereocenters. The van der Waals surface area contributed by atoms with Gasteiger partial charge in [-0.15, -0.1) is 0 Å². The van der Waals surface area contributed by atoms with E-state index in [1.54, 1.807) is 49.4 Å². The van der Waals surface area contributed by atoms with Gasteiger partial charge in [-0.1, -0.05) is 65.7 Å². The number of carbonyl (C=O) groups excluding carboxylic acids is 3. The van der Waals surface area contributed by atoms with Crippen molar-refractivity contribution >= 4 is 40.9 Å². The minimum absolute atomic E-state index is 0.0306. The van der Waals surface area contributed by atoms with Gasteiger partial charge >= 0.3 is 0 Å². The van der Waals surface area contributed by atoms with Gasteiger partial charge in [0.25, 0.3) is 11.8 Å². The quantitative estimate of drug-likeness (QED) is 0.296. The number of nitrogens with one attached hydrogen (secondary N) is 2. The van der Waals surface area contributed by atoms with Crippen LogP contribution in [0.2, 0.25) is 10.0 Å². The maximum Gasteiger partial charge on any atom is 0.254 e. The summed E-state index contributed by atoms with van der Waals surface area (Å²) >= 11 is 12.1. The minimum atomic E-state index is -1.79. The van der Waals surface area contributed by atoms with Gasteiger partial charge in [-0.05, 0) is 48.7 Å². The Morgan fingerprint density at radius 1 is 1.07 bits per heavy atom. The first-order chi connectivity index (χ1) is 19.5. The second kappa shape index (κ2) is 13.3. The number of phenols is 1. The van der Waals surface area contributed by atoms with Crippen LogP contribution >= 0.6 is 23.2 Å². The molecule has 3 aromatic carbocycles. The molecule has 3 amide bonds. The highest BCUT2D eigenvalue weighted by Crippen LogP contribution is 2.25. The third-order valence-corrected chi connectivity index (χ3v) is 7.69. The van der Waals surface area contributed by atoms with Crippen molar-refractivity contribution in [2.24, 2.45) is 0 Å². The highest BCUT2D eigenvalue weighted by Gasteiger charge is 2.43. The van der Waals surface area contributed by atoms with E-state index in [9.17, 15) is 29.0 Å². The average molecular weight is 602 g/mol. The molecule has 4 N–H and O–H groups in total. The van der Waals surface area contributed by atoms with Crippen LogP contribution in [0.4, 0.5) is 4.39 Å². The number of aliphatic hydroxyl groups excluding tert-OH is 1. The number of hydrogen-bond acceptors (Lipinski definition) is 5. The maximum absolute atomic E-state index is 14.6. The zero-order valence-electron chi connectivity index (χ0n) is 22.2. The van der Waals surface area contributed by atoms with Crippen molar-refractivity contribution in [3.05, 3.63) is 99.0 Å². The fraction of sp³-hybridized carbons (Fsp3) is 0.300. The second-order valence-electron chi connectivity index (χ2n) is 9.96. The number of rotatable bonds is 9. The molecule has 11 heteroatoms. The molecule has 216 valence electrons. The van der Waals surface area contributed by atoms with Crippen LogP contribution in [0.25, 0.3) is 0 Å². The summed E-state index contributed by atoms with van der Waals surface area (Å²) in [6, 6.07) is 15.9. The monoisotopic (exact) mass is 601 g/mol. The van der Waals surface area contributed by atoms with Crippen molar-refractivity contribution in [2.45, 2.75) is 50.7 Å².